The molecule has 1 rings (SSSR count). The van der Waals surface area contributed by atoms with Crippen molar-refractivity contribution in [3.8, 4) is 0 Å². The lowest BCUT2D eigenvalue weighted by atomic mass is 10.2. The number of rotatable bonds is 5. The Labute approximate surface area is 96.5 Å². The Morgan fingerprint density at radius 1 is 1.44 bits per heavy atom. The van der Waals surface area contributed by atoms with Crippen molar-refractivity contribution in [3.63, 3.8) is 0 Å². The highest BCUT2D eigenvalue weighted by atomic mass is 32.2. The number of hydrogen-bond donors (Lipinski definition) is 1. The van der Waals surface area contributed by atoms with Crippen LogP contribution < -0.4 is 0 Å². The summed E-state index contributed by atoms with van der Waals surface area (Å²) in [6, 6.07) is 0. The van der Waals surface area contributed by atoms with Crippen LogP contribution in [-0.4, -0.2) is 42.6 Å². The quantitative estimate of drug-likeness (QED) is 0.786. The highest BCUT2D eigenvalue weighted by Crippen LogP contribution is 2.26. The van der Waals surface area contributed by atoms with E-state index < -0.39 is 21.9 Å². The van der Waals surface area contributed by atoms with E-state index in [0.29, 0.717) is 12.8 Å². The fourth-order valence-corrected chi connectivity index (χ4v) is 3.88. The number of carboxylic acid groups (broad SMARTS) is 1. The van der Waals surface area contributed by atoms with E-state index in [4.69, 9.17) is 5.11 Å². The van der Waals surface area contributed by atoms with Gasteiger partial charge < -0.3 is 5.11 Å². The zero-order valence-corrected chi connectivity index (χ0v) is 10.5. The molecule has 0 amide bonds. The van der Waals surface area contributed by atoms with E-state index in [1.165, 1.54) is 18.3 Å². The smallest absolute Gasteiger partial charge is 0.307 e. The second kappa shape index (κ2) is 5.14. The summed E-state index contributed by atoms with van der Waals surface area (Å²) in [7, 11) is -1.83. The van der Waals surface area contributed by atoms with Gasteiger partial charge in [-0.3, -0.25) is 4.79 Å². The van der Waals surface area contributed by atoms with Gasteiger partial charge in [-0.25, -0.2) is 12.7 Å². The molecule has 0 aliphatic heterocycles. The van der Waals surface area contributed by atoms with Crippen molar-refractivity contribution in [2.75, 3.05) is 13.6 Å². The largest absolute Gasteiger partial charge is 0.481 e. The number of hydrogen-bond acceptors (Lipinski definition) is 3. The molecular formula is C10H19NO4S. The maximum atomic E-state index is 12.0. The molecular weight excluding hydrogens is 230 g/mol. The van der Waals surface area contributed by atoms with Gasteiger partial charge in [0.05, 0.1) is 11.2 Å². The van der Waals surface area contributed by atoms with Crippen LogP contribution in [0.4, 0.5) is 0 Å². The topological polar surface area (TPSA) is 74.7 Å². The van der Waals surface area contributed by atoms with Crippen molar-refractivity contribution in [2.45, 2.75) is 37.9 Å². The van der Waals surface area contributed by atoms with Crippen LogP contribution in [0.3, 0.4) is 0 Å². The third kappa shape index (κ3) is 2.95. The normalized spacial score (nSPS) is 20.2. The molecule has 1 atom stereocenters. The number of carbonyl (C=O) groups is 1. The summed E-state index contributed by atoms with van der Waals surface area (Å²) in [6.45, 7) is 1.57. The van der Waals surface area contributed by atoms with Gasteiger partial charge in [0.1, 0.15) is 0 Å². The van der Waals surface area contributed by atoms with Crippen LogP contribution in [0.2, 0.25) is 0 Å². The zero-order valence-electron chi connectivity index (χ0n) is 9.72. The highest BCUT2D eigenvalue weighted by molar-refractivity contribution is 7.89. The first-order valence-electron chi connectivity index (χ1n) is 5.53. The molecule has 0 heterocycles. The lowest BCUT2D eigenvalue weighted by Gasteiger charge is -2.22. The molecule has 1 N–H and O–H groups in total. The summed E-state index contributed by atoms with van der Waals surface area (Å²) in [4.78, 5) is 10.7. The van der Waals surface area contributed by atoms with E-state index >= 15 is 0 Å². The molecule has 0 aromatic heterocycles. The summed E-state index contributed by atoms with van der Waals surface area (Å²) in [5, 5.41) is 8.43. The molecule has 1 aliphatic carbocycles. The monoisotopic (exact) mass is 249 g/mol. The predicted molar refractivity (Wildman–Crippen MR) is 60.6 cm³/mol. The summed E-state index contributed by atoms with van der Waals surface area (Å²) in [5.41, 5.74) is 0. The van der Waals surface area contributed by atoms with Gasteiger partial charge in [0.2, 0.25) is 10.0 Å². The minimum atomic E-state index is -3.30. The number of sulfonamides is 1. The third-order valence-corrected chi connectivity index (χ3v) is 5.44. The van der Waals surface area contributed by atoms with Gasteiger partial charge in [-0.1, -0.05) is 19.8 Å². The molecule has 0 aromatic rings. The zero-order chi connectivity index (χ0) is 12.3. The van der Waals surface area contributed by atoms with Crippen LogP contribution in [0, 0.1) is 5.92 Å². The fraction of sp³-hybridized carbons (Fsp3) is 0.900. The van der Waals surface area contributed by atoms with Crippen LogP contribution in [0.1, 0.15) is 32.6 Å². The molecule has 5 nitrogen and oxygen atoms in total. The Balaban J connectivity index is 2.64. The molecule has 6 heteroatoms. The number of nitrogens with zero attached hydrogens (tertiary/aromatic N) is 1. The molecule has 0 aromatic carbocycles. The summed E-state index contributed by atoms with van der Waals surface area (Å²) >= 11 is 0. The molecule has 94 valence electrons. The van der Waals surface area contributed by atoms with Crippen molar-refractivity contribution >= 4 is 16.0 Å². The van der Waals surface area contributed by atoms with Crippen LogP contribution in [0.15, 0.2) is 0 Å². The third-order valence-electron chi connectivity index (χ3n) is 3.11. The molecule has 0 spiro atoms. The van der Waals surface area contributed by atoms with Gasteiger partial charge >= 0.3 is 5.97 Å². The standard InChI is InChI=1S/C10H19NO4S/c1-8(10(12)13)7-11(2)16(14,15)9-5-3-4-6-9/h8-9H,3-7H2,1-2H3,(H,12,13). The Morgan fingerprint density at radius 3 is 2.38 bits per heavy atom. The van der Waals surface area contributed by atoms with Gasteiger partial charge in [-0.05, 0) is 12.8 Å². The van der Waals surface area contributed by atoms with Gasteiger partial charge in [-0.15, -0.1) is 0 Å². The molecule has 1 fully saturated rings. The summed E-state index contributed by atoms with van der Waals surface area (Å²) in [6.07, 6.45) is 3.31. The minimum Gasteiger partial charge on any atom is -0.481 e. The first kappa shape index (κ1) is 13.4. The average Bonchev–Trinajstić information content (AvgIpc) is 2.70. The van der Waals surface area contributed by atoms with Crippen molar-refractivity contribution < 1.29 is 18.3 Å². The fourth-order valence-electron chi connectivity index (χ4n) is 2.01. The van der Waals surface area contributed by atoms with Crippen molar-refractivity contribution in [2.24, 2.45) is 5.92 Å². The van der Waals surface area contributed by atoms with E-state index in [2.05, 4.69) is 0 Å². The molecule has 0 saturated heterocycles. The van der Waals surface area contributed by atoms with E-state index in [9.17, 15) is 13.2 Å². The first-order valence-corrected chi connectivity index (χ1v) is 7.04. The SMILES string of the molecule is CC(CN(C)S(=O)(=O)C1CCCC1)C(=O)O. The molecule has 1 unspecified atom stereocenters. The van der Waals surface area contributed by atoms with Crippen LogP contribution in [-0.2, 0) is 14.8 Å². The van der Waals surface area contributed by atoms with Crippen molar-refractivity contribution in [1.82, 2.24) is 4.31 Å². The minimum absolute atomic E-state index is 0.0498. The molecule has 0 radical (unpaired) electrons. The van der Waals surface area contributed by atoms with Gasteiger partial charge in [0.15, 0.2) is 0 Å². The van der Waals surface area contributed by atoms with E-state index in [1.807, 2.05) is 0 Å². The maximum absolute atomic E-state index is 12.0. The molecule has 16 heavy (non-hydrogen) atoms. The second-order valence-corrected chi connectivity index (χ2v) is 6.79. The van der Waals surface area contributed by atoms with E-state index in [1.54, 1.807) is 0 Å². The summed E-state index contributed by atoms with van der Waals surface area (Å²) < 4.78 is 25.2. The van der Waals surface area contributed by atoms with Crippen molar-refractivity contribution in [3.05, 3.63) is 0 Å². The Hall–Kier alpha value is -0.620. The second-order valence-electron chi connectivity index (χ2n) is 4.47. The Morgan fingerprint density at radius 2 is 1.94 bits per heavy atom. The van der Waals surface area contributed by atoms with Gasteiger partial charge in [0, 0.05) is 13.6 Å². The number of carboxylic acids is 1. The lowest BCUT2D eigenvalue weighted by molar-refractivity contribution is -0.141. The predicted octanol–water partition coefficient (Wildman–Crippen LogP) is 0.911. The lowest BCUT2D eigenvalue weighted by Crippen LogP contribution is -2.38. The first-order chi connectivity index (χ1) is 7.35. The molecule has 1 saturated carbocycles. The van der Waals surface area contributed by atoms with Crippen molar-refractivity contribution in [1.29, 1.82) is 0 Å². The van der Waals surface area contributed by atoms with Gasteiger partial charge in [0.25, 0.3) is 0 Å². The molecule has 0 bridgehead atoms. The highest BCUT2D eigenvalue weighted by Gasteiger charge is 2.33. The van der Waals surface area contributed by atoms with Crippen LogP contribution in [0.25, 0.3) is 0 Å². The Kier molecular flexibility index (Phi) is 4.32. The number of aliphatic carboxylic acids is 1. The van der Waals surface area contributed by atoms with Crippen LogP contribution in [0.5, 0.6) is 0 Å². The van der Waals surface area contributed by atoms with Crippen LogP contribution >= 0.6 is 0 Å². The Bertz CT molecular complexity index is 346. The average molecular weight is 249 g/mol. The van der Waals surface area contributed by atoms with Gasteiger partial charge in [-0.2, -0.15) is 0 Å². The summed E-state index contributed by atoms with van der Waals surface area (Å²) in [5.74, 6) is -1.63. The maximum Gasteiger partial charge on any atom is 0.307 e. The van der Waals surface area contributed by atoms with E-state index in [0.717, 1.165) is 12.8 Å². The van der Waals surface area contributed by atoms with E-state index in [-0.39, 0.29) is 11.8 Å². The molecule has 1 aliphatic rings.